The van der Waals surface area contributed by atoms with Gasteiger partial charge in [-0.15, -0.1) is 11.3 Å². The number of nitrogens with one attached hydrogen (secondary N) is 1. The largest absolute Gasteiger partial charge is 0.480 e. The van der Waals surface area contributed by atoms with Crippen molar-refractivity contribution in [3.05, 3.63) is 20.8 Å². The molecular formula is C14H19BrN2O3S. The molecule has 1 fully saturated rings. The van der Waals surface area contributed by atoms with E-state index in [2.05, 4.69) is 21.2 Å². The van der Waals surface area contributed by atoms with Crippen LogP contribution in [0.4, 0.5) is 0 Å². The van der Waals surface area contributed by atoms with Gasteiger partial charge in [0.2, 0.25) is 5.91 Å². The summed E-state index contributed by atoms with van der Waals surface area (Å²) >= 11 is 5.01. The Hall–Kier alpha value is -0.920. The number of carbonyl (C=O) groups is 2. The molecule has 7 heteroatoms. The van der Waals surface area contributed by atoms with Crippen LogP contribution in [0.25, 0.3) is 0 Å². The molecule has 1 aromatic rings. The number of carbonyl (C=O) groups excluding carboxylic acids is 1. The lowest BCUT2D eigenvalue weighted by Gasteiger charge is -2.22. The van der Waals surface area contributed by atoms with Gasteiger partial charge in [0, 0.05) is 11.4 Å². The number of rotatable bonds is 8. The van der Waals surface area contributed by atoms with Crippen LogP contribution in [0.5, 0.6) is 0 Å². The summed E-state index contributed by atoms with van der Waals surface area (Å²) in [7, 11) is 0. The molecule has 1 amide bonds. The molecule has 1 atom stereocenters. The van der Waals surface area contributed by atoms with Gasteiger partial charge in [-0.05, 0) is 53.7 Å². The Bertz CT molecular complexity index is 516. The predicted octanol–water partition coefficient (Wildman–Crippen LogP) is 2.31. The molecule has 0 saturated heterocycles. The summed E-state index contributed by atoms with van der Waals surface area (Å²) in [5.74, 6) is -0.747. The van der Waals surface area contributed by atoms with Gasteiger partial charge in [-0.25, -0.2) is 0 Å². The summed E-state index contributed by atoms with van der Waals surface area (Å²) in [6.07, 6.45) is 1.86. The Morgan fingerprint density at radius 1 is 1.52 bits per heavy atom. The van der Waals surface area contributed by atoms with Crippen molar-refractivity contribution in [1.82, 2.24) is 10.2 Å². The van der Waals surface area contributed by atoms with Gasteiger partial charge in [0.15, 0.2) is 0 Å². The zero-order valence-electron chi connectivity index (χ0n) is 11.8. The van der Waals surface area contributed by atoms with Gasteiger partial charge in [0.25, 0.3) is 0 Å². The quantitative estimate of drug-likeness (QED) is 0.732. The van der Waals surface area contributed by atoms with Gasteiger partial charge in [-0.2, -0.15) is 0 Å². The van der Waals surface area contributed by atoms with Crippen LogP contribution in [-0.4, -0.2) is 41.0 Å². The fourth-order valence-corrected chi connectivity index (χ4v) is 3.69. The summed E-state index contributed by atoms with van der Waals surface area (Å²) in [5, 5.41) is 12.0. The molecule has 2 rings (SSSR count). The first-order valence-corrected chi connectivity index (χ1v) is 8.60. The summed E-state index contributed by atoms with van der Waals surface area (Å²) in [6.45, 7) is 3.18. The van der Waals surface area contributed by atoms with Gasteiger partial charge < -0.3 is 10.0 Å². The third-order valence-corrected chi connectivity index (χ3v) is 5.15. The number of aliphatic carboxylic acids is 1. The molecule has 0 radical (unpaired) electrons. The molecule has 1 aromatic heterocycles. The van der Waals surface area contributed by atoms with Crippen LogP contribution in [-0.2, 0) is 16.1 Å². The molecule has 1 aliphatic rings. The van der Waals surface area contributed by atoms with E-state index in [0.29, 0.717) is 13.1 Å². The Morgan fingerprint density at radius 2 is 2.24 bits per heavy atom. The van der Waals surface area contributed by atoms with E-state index in [1.165, 1.54) is 0 Å². The number of carboxylic acids is 1. The Morgan fingerprint density at radius 3 is 2.71 bits per heavy atom. The minimum absolute atomic E-state index is 0.0612. The first kappa shape index (κ1) is 16.5. The van der Waals surface area contributed by atoms with Crippen LogP contribution < -0.4 is 5.32 Å². The monoisotopic (exact) mass is 374 g/mol. The molecule has 5 nitrogen and oxygen atoms in total. The van der Waals surface area contributed by atoms with E-state index in [0.717, 1.165) is 21.5 Å². The summed E-state index contributed by atoms with van der Waals surface area (Å²) in [5.41, 5.74) is 0. The number of amides is 1. The molecule has 0 bridgehead atoms. The average Bonchev–Trinajstić information content (AvgIpc) is 3.18. The molecule has 1 saturated carbocycles. The molecule has 2 N–H and O–H groups in total. The lowest BCUT2D eigenvalue weighted by atomic mass is 10.2. The highest BCUT2D eigenvalue weighted by molar-refractivity contribution is 9.11. The molecule has 0 spiro atoms. The van der Waals surface area contributed by atoms with Crippen LogP contribution in [0.2, 0.25) is 0 Å². The van der Waals surface area contributed by atoms with Crippen molar-refractivity contribution in [2.75, 3.05) is 13.1 Å². The van der Waals surface area contributed by atoms with E-state index in [9.17, 15) is 9.59 Å². The van der Waals surface area contributed by atoms with Gasteiger partial charge in [-0.1, -0.05) is 0 Å². The van der Waals surface area contributed by atoms with Gasteiger partial charge in [0.1, 0.15) is 6.04 Å². The maximum atomic E-state index is 12.2. The van der Waals surface area contributed by atoms with E-state index in [4.69, 9.17) is 5.11 Å². The van der Waals surface area contributed by atoms with Gasteiger partial charge in [0.05, 0.1) is 16.9 Å². The fourth-order valence-electron chi connectivity index (χ4n) is 2.20. The number of carboxylic acid groups (broad SMARTS) is 1. The minimum atomic E-state index is -0.865. The maximum absolute atomic E-state index is 12.2. The minimum Gasteiger partial charge on any atom is -0.480 e. The van der Waals surface area contributed by atoms with Crippen molar-refractivity contribution in [3.8, 4) is 0 Å². The van der Waals surface area contributed by atoms with Crippen molar-refractivity contribution in [3.63, 3.8) is 0 Å². The van der Waals surface area contributed by atoms with Crippen LogP contribution >= 0.6 is 27.3 Å². The topological polar surface area (TPSA) is 69.6 Å². The highest BCUT2D eigenvalue weighted by atomic mass is 79.9. The number of nitrogens with zero attached hydrogens (tertiary/aromatic N) is 1. The SMILES string of the molecule is CCN(Cc1ccc(Br)s1)C(=O)CNC(C(=O)O)C1CC1. The Balaban J connectivity index is 1.86. The predicted molar refractivity (Wildman–Crippen MR) is 85.3 cm³/mol. The van der Waals surface area contributed by atoms with Crippen molar-refractivity contribution >= 4 is 39.1 Å². The van der Waals surface area contributed by atoms with Crippen LogP contribution in [0.15, 0.2) is 15.9 Å². The lowest BCUT2D eigenvalue weighted by molar-refractivity contribution is -0.140. The first-order chi connectivity index (χ1) is 10.0. The van der Waals surface area contributed by atoms with Crippen molar-refractivity contribution in [2.24, 2.45) is 5.92 Å². The average molecular weight is 375 g/mol. The summed E-state index contributed by atoms with van der Waals surface area (Å²) in [4.78, 5) is 26.2. The Kier molecular flexibility index (Phi) is 5.78. The van der Waals surface area contributed by atoms with Crippen LogP contribution in [0.1, 0.15) is 24.6 Å². The third kappa shape index (κ3) is 4.79. The lowest BCUT2D eigenvalue weighted by Crippen LogP contribution is -2.45. The van der Waals surface area contributed by atoms with E-state index in [-0.39, 0.29) is 18.4 Å². The highest BCUT2D eigenvalue weighted by Crippen LogP contribution is 2.32. The highest BCUT2D eigenvalue weighted by Gasteiger charge is 2.36. The molecule has 1 unspecified atom stereocenters. The zero-order valence-corrected chi connectivity index (χ0v) is 14.2. The Labute approximate surface area is 136 Å². The smallest absolute Gasteiger partial charge is 0.320 e. The third-order valence-electron chi connectivity index (χ3n) is 3.54. The second-order valence-corrected chi connectivity index (χ2v) is 7.70. The van der Waals surface area contributed by atoms with Crippen molar-refractivity contribution in [2.45, 2.75) is 32.4 Å². The molecular weight excluding hydrogens is 356 g/mol. The van der Waals surface area contributed by atoms with E-state index in [1.54, 1.807) is 16.2 Å². The van der Waals surface area contributed by atoms with Crippen LogP contribution in [0, 0.1) is 5.92 Å². The van der Waals surface area contributed by atoms with Crippen LogP contribution in [0.3, 0.4) is 0 Å². The second kappa shape index (κ2) is 7.38. The standard InChI is InChI=1S/C14H19BrN2O3S/c1-2-17(8-10-5-6-11(15)21-10)12(18)7-16-13(14(19)20)9-3-4-9/h5-6,9,13,16H,2-4,7-8H2,1H3,(H,19,20). The molecule has 0 aliphatic heterocycles. The second-order valence-electron chi connectivity index (χ2n) is 5.15. The fraction of sp³-hybridized carbons (Fsp3) is 0.571. The van der Waals surface area contributed by atoms with E-state index in [1.807, 2.05) is 19.1 Å². The van der Waals surface area contributed by atoms with E-state index >= 15 is 0 Å². The summed E-state index contributed by atoms with van der Waals surface area (Å²) < 4.78 is 1.04. The maximum Gasteiger partial charge on any atom is 0.320 e. The number of thiophene rings is 1. The number of halogens is 1. The van der Waals surface area contributed by atoms with Gasteiger partial charge >= 0.3 is 5.97 Å². The number of hydrogen-bond acceptors (Lipinski definition) is 4. The number of likely N-dealkylation sites (N-methyl/N-ethyl adjacent to an activating group) is 1. The zero-order chi connectivity index (χ0) is 15.4. The van der Waals surface area contributed by atoms with E-state index < -0.39 is 12.0 Å². The molecule has 116 valence electrons. The van der Waals surface area contributed by atoms with Gasteiger partial charge in [-0.3, -0.25) is 14.9 Å². The van der Waals surface area contributed by atoms with Crippen molar-refractivity contribution in [1.29, 1.82) is 0 Å². The summed E-state index contributed by atoms with van der Waals surface area (Å²) in [6, 6.07) is 3.36. The molecule has 1 aliphatic carbocycles. The first-order valence-electron chi connectivity index (χ1n) is 6.99. The number of hydrogen-bond donors (Lipinski definition) is 2. The molecule has 21 heavy (non-hydrogen) atoms. The molecule has 0 aromatic carbocycles. The molecule has 1 heterocycles. The van der Waals surface area contributed by atoms with Crippen molar-refractivity contribution < 1.29 is 14.7 Å². The normalized spacial score (nSPS) is 15.7.